The van der Waals surface area contributed by atoms with Crippen molar-refractivity contribution in [1.29, 1.82) is 0 Å². The Balaban J connectivity index is 0.727. The maximum Gasteiger partial charge on any atom is 0.119 e. The van der Waals surface area contributed by atoms with Crippen LogP contribution in [0, 0.1) is 13.8 Å². The first-order chi connectivity index (χ1) is 39.1. The first-order valence-electron chi connectivity index (χ1n) is 28.4. The second-order valence-corrected chi connectivity index (χ2v) is 24.0. The number of methoxy groups -OCH3 is 2. The topological polar surface area (TPSA) is 24.9 Å². The highest BCUT2D eigenvalue weighted by molar-refractivity contribution is 5.90. The van der Waals surface area contributed by atoms with Gasteiger partial charge >= 0.3 is 0 Å². The summed E-state index contributed by atoms with van der Waals surface area (Å²) in [5, 5.41) is 0. The molecule has 10 aromatic carbocycles. The maximum atomic E-state index is 5.52. The van der Waals surface area contributed by atoms with Crippen LogP contribution in [0.15, 0.2) is 206 Å². The number of benzene rings is 10. The Morgan fingerprint density at radius 2 is 0.494 bits per heavy atom. The van der Waals surface area contributed by atoms with Crippen LogP contribution in [0.2, 0.25) is 0 Å². The molecule has 0 aromatic heterocycles. The number of hydrogen-bond acceptors (Lipinski definition) is 4. The van der Waals surface area contributed by atoms with Crippen LogP contribution in [-0.4, -0.2) is 14.2 Å². The van der Waals surface area contributed by atoms with Crippen molar-refractivity contribution in [3.63, 3.8) is 0 Å². The van der Waals surface area contributed by atoms with Crippen LogP contribution in [0.25, 0.3) is 57.7 Å². The highest BCUT2D eigenvalue weighted by Crippen LogP contribution is 2.54. The summed E-state index contributed by atoms with van der Waals surface area (Å²) in [6.07, 6.45) is 9.14. The average molecular weight is 1050 g/mol. The summed E-state index contributed by atoms with van der Waals surface area (Å²) < 4.78 is 11.0. The van der Waals surface area contributed by atoms with Crippen molar-refractivity contribution in [2.45, 2.75) is 71.6 Å². The third-order valence-electron chi connectivity index (χ3n) is 17.8. The fourth-order valence-corrected chi connectivity index (χ4v) is 13.1. The molecule has 4 heteroatoms. The summed E-state index contributed by atoms with van der Waals surface area (Å²) in [6.45, 7) is 18.5. The number of hydrogen-bond donors (Lipinski definition) is 0. The molecule has 13 rings (SSSR count). The Bertz CT molecular complexity index is 3890. The van der Waals surface area contributed by atoms with Crippen LogP contribution in [0.1, 0.15) is 108 Å². The van der Waals surface area contributed by atoms with E-state index in [1.165, 1.54) is 100 Å². The van der Waals surface area contributed by atoms with Crippen LogP contribution < -0.4 is 19.3 Å². The van der Waals surface area contributed by atoms with Crippen molar-refractivity contribution >= 4 is 58.4 Å². The van der Waals surface area contributed by atoms with Gasteiger partial charge in [-0.3, -0.25) is 0 Å². The van der Waals surface area contributed by atoms with Gasteiger partial charge in [-0.1, -0.05) is 186 Å². The molecule has 0 aliphatic heterocycles. The lowest BCUT2D eigenvalue weighted by atomic mass is 9.81. The molecule has 398 valence electrons. The molecule has 0 radical (unpaired) electrons. The Morgan fingerprint density at radius 1 is 0.272 bits per heavy atom. The monoisotopic (exact) mass is 1050 g/mol. The first kappa shape index (κ1) is 51.3. The van der Waals surface area contributed by atoms with Gasteiger partial charge in [-0.25, -0.2) is 0 Å². The molecule has 0 saturated heterocycles. The number of aryl methyl sites for hydroxylation is 2. The largest absolute Gasteiger partial charge is 0.497 e. The molecule has 0 amide bonds. The van der Waals surface area contributed by atoms with Crippen molar-refractivity contribution in [3.8, 4) is 44.9 Å². The predicted octanol–water partition coefficient (Wildman–Crippen LogP) is 20.5. The van der Waals surface area contributed by atoms with E-state index in [0.29, 0.717) is 0 Å². The number of fused-ring (bicyclic) bond motifs is 9. The van der Waals surface area contributed by atoms with E-state index in [4.69, 9.17) is 9.47 Å². The minimum atomic E-state index is -0.192. The zero-order chi connectivity index (χ0) is 56.0. The molecule has 0 N–H and O–H groups in total. The van der Waals surface area contributed by atoms with Crippen molar-refractivity contribution in [2.24, 2.45) is 0 Å². The SMILES string of the molecule is COc1ccc(N(c2ccc(C)cc2)c2ccc3c(c2)C(C)(C)c2cc(C=Cc4ccc5c(c4)C(C)(C)c4cc(C=Cc6ccc7c(c6)C(C)(C)c6cc(N(c8ccc(C)cc8)c8ccc(OC)cc8)ccc6-7)ccc4-5)ccc2-3)cc1. The van der Waals surface area contributed by atoms with Crippen LogP contribution in [0.4, 0.5) is 34.1 Å². The van der Waals surface area contributed by atoms with Gasteiger partial charge in [0.25, 0.3) is 0 Å². The zero-order valence-corrected chi connectivity index (χ0v) is 48.2. The lowest BCUT2D eigenvalue weighted by Gasteiger charge is -2.28. The second-order valence-electron chi connectivity index (χ2n) is 24.0. The summed E-state index contributed by atoms with van der Waals surface area (Å²) >= 11 is 0. The summed E-state index contributed by atoms with van der Waals surface area (Å²) in [4.78, 5) is 4.69. The number of nitrogens with zero attached hydrogens (tertiary/aromatic N) is 2. The Hall–Kier alpha value is -9.12. The van der Waals surface area contributed by atoms with Crippen LogP contribution >= 0.6 is 0 Å². The highest BCUT2D eigenvalue weighted by atomic mass is 16.5. The van der Waals surface area contributed by atoms with E-state index in [0.717, 1.165) is 45.6 Å². The Morgan fingerprint density at radius 3 is 0.753 bits per heavy atom. The maximum absolute atomic E-state index is 5.52. The van der Waals surface area contributed by atoms with E-state index in [1.54, 1.807) is 14.2 Å². The molecule has 10 aromatic rings. The van der Waals surface area contributed by atoms with Crippen LogP contribution in [0.5, 0.6) is 11.5 Å². The molecule has 0 atom stereocenters. The summed E-state index contributed by atoms with van der Waals surface area (Å²) in [7, 11) is 3.43. The van der Waals surface area contributed by atoms with E-state index in [9.17, 15) is 0 Å². The molecule has 0 heterocycles. The van der Waals surface area contributed by atoms with Crippen LogP contribution in [-0.2, 0) is 16.2 Å². The molecule has 0 bridgehead atoms. The van der Waals surface area contributed by atoms with Gasteiger partial charge < -0.3 is 19.3 Å². The number of rotatable bonds is 12. The van der Waals surface area contributed by atoms with Crippen LogP contribution in [0.3, 0.4) is 0 Å². The molecular formula is C77H68N2O2. The van der Waals surface area contributed by atoms with Gasteiger partial charge in [-0.2, -0.15) is 0 Å². The summed E-state index contributed by atoms with van der Waals surface area (Å²) in [5.41, 5.74) is 29.4. The van der Waals surface area contributed by atoms with Gasteiger partial charge in [-0.15, -0.1) is 0 Å². The second kappa shape index (κ2) is 19.6. The Labute approximate surface area is 478 Å². The molecule has 3 aliphatic carbocycles. The van der Waals surface area contributed by atoms with Crippen molar-refractivity contribution < 1.29 is 9.47 Å². The Kier molecular flexibility index (Phi) is 12.4. The highest BCUT2D eigenvalue weighted by Gasteiger charge is 2.39. The molecule has 4 nitrogen and oxygen atoms in total. The van der Waals surface area contributed by atoms with E-state index in [-0.39, 0.29) is 16.2 Å². The first-order valence-corrected chi connectivity index (χ1v) is 28.4. The van der Waals surface area contributed by atoms with Crippen molar-refractivity contribution in [2.75, 3.05) is 24.0 Å². The quantitative estimate of drug-likeness (QED) is 0.114. The van der Waals surface area contributed by atoms with Gasteiger partial charge in [-0.05, 0) is 200 Å². The molecule has 0 saturated carbocycles. The van der Waals surface area contributed by atoms with E-state index >= 15 is 0 Å². The lowest BCUT2D eigenvalue weighted by molar-refractivity contribution is 0.414. The molecule has 0 spiro atoms. The van der Waals surface area contributed by atoms with Gasteiger partial charge in [0.05, 0.1) is 14.2 Å². The molecular weight excluding hydrogens is 985 g/mol. The predicted molar refractivity (Wildman–Crippen MR) is 342 cm³/mol. The third kappa shape index (κ3) is 8.85. The minimum Gasteiger partial charge on any atom is -0.497 e. The molecule has 0 unspecified atom stereocenters. The normalized spacial score (nSPS) is 14.5. The number of ether oxygens (including phenoxy) is 2. The van der Waals surface area contributed by atoms with E-state index < -0.39 is 0 Å². The molecule has 81 heavy (non-hydrogen) atoms. The van der Waals surface area contributed by atoms with E-state index in [2.05, 4.69) is 271 Å². The van der Waals surface area contributed by atoms with Crippen molar-refractivity contribution in [1.82, 2.24) is 0 Å². The van der Waals surface area contributed by atoms with Gasteiger partial charge in [0.2, 0.25) is 0 Å². The van der Waals surface area contributed by atoms with Gasteiger partial charge in [0.15, 0.2) is 0 Å². The summed E-state index contributed by atoms with van der Waals surface area (Å²) in [5.74, 6) is 1.68. The van der Waals surface area contributed by atoms with E-state index in [1.807, 2.05) is 24.3 Å². The van der Waals surface area contributed by atoms with Gasteiger partial charge in [0.1, 0.15) is 11.5 Å². The third-order valence-corrected chi connectivity index (χ3v) is 17.8. The zero-order valence-electron chi connectivity index (χ0n) is 48.2. The molecule has 0 fully saturated rings. The average Bonchev–Trinajstić information content (AvgIpc) is 3.24. The fourth-order valence-electron chi connectivity index (χ4n) is 13.1. The standard InChI is InChI=1S/C77H68N2O2/c1-49-11-23-55(24-12-49)78(57-27-33-61(80-9)34-28-57)59-31-41-67-65-39-21-53(45-71(65)76(5,6)73(67)47-59)17-15-51-19-37-63-64-38-20-52(44-70(64)75(3,4)69(63)43-51)16-18-54-22-40-66-68-42-32-60(48-74(68)77(7,8)72(66)46-54)79(56-25-13-50(2)14-26-56)58-29-35-62(81-10)36-30-58/h11-48H,1-10H3. The fraction of sp³-hybridized carbons (Fsp3) is 0.169. The number of anilines is 6. The molecule has 3 aliphatic rings. The minimum absolute atomic E-state index is 0.159. The smallest absolute Gasteiger partial charge is 0.119 e. The van der Waals surface area contributed by atoms with Gasteiger partial charge in [0, 0.05) is 50.4 Å². The van der Waals surface area contributed by atoms with Crippen molar-refractivity contribution in [3.05, 3.63) is 273 Å². The lowest BCUT2D eigenvalue weighted by Crippen LogP contribution is -2.16. The summed E-state index contributed by atoms with van der Waals surface area (Å²) in [6, 6.07) is 76.2.